The fourth-order valence-corrected chi connectivity index (χ4v) is 11.7. The molecular formula is C69H68N8O14. The third kappa shape index (κ3) is 13.7. The molecule has 0 spiro atoms. The summed E-state index contributed by atoms with van der Waals surface area (Å²) in [6.07, 6.45) is 7.34. The average Bonchev–Trinajstić information content (AvgIpc) is 1.78. The Hall–Kier alpha value is -10.9. The van der Waals surface area contributed by atoms with Crippen LogP contribution < -0.4 is 41.4 Å². The maximum Gasteiger partial charge on any atom is 0.330 e. The number of likely N-dealkylation sites (N-methyl/N-ethyl adjacent to an activating group) is 1. The van der Waals surface area contributed by atoms with Gasteiger partial charge in [-0.15, -0.1) is 0 Å². The van der Waals surface area contributed by atoms with Gasteiger partial charge in [-0.3, -0.25) is 28.8 Å². The second-order valence-electron chi connectivity index (χ2n) is 23.0. The quantitative estimate of drug-likeness (QED) is 0.0482. The van der Waals surface area contributed by atoms with Crippen molar-refractivity contribution in [3.63, 3.8) is 0 Å². The van der Waals surface area contributed by atoms with Crippen LogP contribution in [-0.2, 0) is 46.4 Å². The second kappa shape index (κ2) is 26.8. The van der Waals surface area contributed by atoms with Crippen LogP contribution >= 0.6 is 0 Å². The van der Waals surface area contributed by atoms with E-state index in [0.717, 1.165) is 43.4 Å². The van der Waals surface area contributed by atoms with Crippen molar-refractivity contribution in [1.29, 1.82) is 0 Å². The summed E-state index contributed by atoms with van der Waals surface area (Å²) < 4.78 is 12.5. The van der Waals surface area contributed by atoms with E-state index in [1.165, 1.54) is 98.0 Å². The number of nitrogens with one attached hydrogen (secondary N) is 7. The van der Waals surface area contributed by atoms with E-state index in [9.17, 15) is 39.9 Å². The molecule has 0 saturated heterocycles. The van der Waals surface area contributed by atoms with Crippen molar-refractivity contribution in [1.82, 2.24) is 41.8 Å². The van der Waals surface area contributed by atoms with Crippen LogP contribution in [0, 0.1) is 0 Å². The Morgan fingerprint density at radius 1 is 0.604 bits per heavy atom. The summed E-state index contributed by atoms with van der Waals surface area (Å²) in [5.41, 5.74) is 2.96. The van der Waals surface area contributed by atoms with E-state index in [1.807, 2.05) is 0 Å². The highest BCUT2D eigenvalue weighted by atomic mass is 16.5. The number of nitrogens with zero attached hydrogens (tertiary/aromatic N) is 1. The number of rotatable bonds is 13. The van der Waals surface area contributed by atoms with E-state index in [0.29, 0.717) is 39.7 Å². The zero-order valence-corrected chi connectivity index (χ0v) is 49.7. The van der Waals surface area contributed by atoms with Crippen LogP contribution in [0.15, 0.2) is 152 Å². The Morgan fingerprint density at radius 3 is 1.90 bits per heavy atom. The molecule has 22 heteroatoms. The zero-order valence-electron chi connectivity index (χ0n) is 49.7. The second-order valence-corrected chi connectivity index (χ2v) is 23.0. The number of fused-ring (bicyclic) bond motifs is 14. The van der Waals surface area contributed by atoms with Crippen LogP contribution in [0.3, 0.4) is 0 Å². The number of carboxylic acids is 1. The van der Waals surface area contributed by atoms with Gasteiger partial charge >= 0.3 is 5.97 Å². The highest BCUT2D eigenvalue weighted by molar-refractivity contribution is 6.00. The molecule has 1 unspecified atom stereocenters. The monoisotopic (exact) mass is 1230 g/mol. The summed E-state index contributed by atoms with van der Waals surface area (Å²) in [5.74, 6) is -7.70. The number of carboxylic acid groups (broad SMARTS) is 1. The lowest BCUT2D eigenvalue weighted by Gasteiger charge is -2.33. The molecule has 468 valence electrons. The maximum absolute atomic E-state index is 15.8. The lowest BCUT2D eigenvalue weighted by molar-refractivity contribution is -0.145. The third-order valence-corrected chi connectivity index (χ3v) is 16.8. The first-order valence-corrected chi connectivity index (χ1v) is 30.1. The molecule has 6 amide bonds. The largest absolute Gasteiger partial charge is 0.508 e. The fraction of sp³-hybridized carbons (Fsp3) is 0.261. The van der Waals surface area contributed by atoms with Crippen LogP contribution in [0.4, 0.5) is 0 Å². The third-order valence-electron chi connectivity index (χ3n) is 16.8. The molecule has 1 aromatic heterocycles. The lowest BCUT2D eigenvalue weighted by atomic mass is 9.94. The van der Waals surface area contributed by atoms with Gasteiger partial charge in [0.15, 0.2) is 29.0 Å². The number of phenols is 4. The minimum absolute atomic E-state index is 0.00777. The number of aliphatic carboxylic acids is 1. The van der Waals surface area contributed by atoms with Crippen molar-refractivity contribution in [2.24, 2.45) is 0 Å². The van der Waals surface area contributed by atoms with Gasteiger partial charge < -0.3 is 76.8 Å². The van der Waals surface area contributed by atoms with Gasteiger partial charge in [-0.25, -0.2) is 4.79 Å². The molecule has 0 fully saturated rings. The maximum atomic E-state index is 15.8. The highest BCUT2D eigenvalue weighted by Crippen LogP contribution is 2.44. The van der Waals surface area contributed by atoms with E-state index in [-0.39, 0.29) is 86.7 Å². The van der Waals surface area contributed by atoms with Crippen LogP contribution in [0.5, 0.6) is 46.0 Å². The Bertz CT molecular complexity index is 4060. The molecule has 7 heterocycles. The minimum atomic E-state index is -1.85. The van der Waals surface area contributed by atoms with E-state index in [4.69, 9.17) is 9.47 Å². The first kappa shape index (κ1) is 61.8. The van der Waals surface area contributed by atoms with Gasteiger partial charge in [0.2, 0.25) is 35.4 Å². The molecule has 15 bridgehead atoms. The van der Waals surface area contributed by atoms with Gasteiger partial charge in [0.1, 0.15) is 59.2 Å². The van der Waals surface area contributed by atoms with Crippen molar-refractivity contribution >= 4 is 52.3 Å². The van der Waals surface area contributed by atoms with Crippen molar-refractivity contribution in [2.45, 2.75) is 101 Å². The van der Waals surface area contributed by atoms with Gasteiger partial charge in [0, 0.05) is 42.6 Å². The Balaban J connectivity index is 1.04. The van der Waals surface area contributed by atoms with E-state index in [2.05, 4.69) is 43.8 Å². The van der Waals surface area contributed by atoms with Crippen LogP contribution in [0.1, 0.15) is 115 Å². The van der Waals surface area contributed by atoms with E-state index < -0.39 is 83.7 Å². The van der Waals surface area contributed by atoms with E-state index in [1.54, 1.807) is 60.8 Å². The summed E-state index contributed by atoms with van der Waals surface area (Å²) >= 11 is 0. The normalized spacial score (nSPS) is 19.6. The molecule has 0 aliphatic carbocycles. The molecule has 22 nitrogen and oxygen atoms in total. The standard InChI is InChI=1S/C69H68N8O14/c1-3-4-5-6-7-8-29-70-57(38-11-19-45(78)20-12-38)65(84)72-52-33-44-36-71-51-32-41(17-27-49(44)51)50-31-43-35-56(62(50)81)91-47-23-9-37(10-24-47)30-53-64(83)76-61(69(88)89)42-18-28-54(80)55(34-42)90-48-25-15-40(16-26-48)60(68(87)77(53)2)75-67(86)59(43)74-66(85)58(73-63(52)82)39-13-21-46(79)22-14-39/h9-28,31-32,34-36,52-53,57-61,70-71,78-81H,3-8,29-30,33H2,1-2H3,(H,72,84)(H,73,82)(H,74,85)(H,75,86)(H,76,83)(H,88,89)/t52-,53+,57?,58-,59-,60-,61-/m1/s1. The number of amides is 6. The van der Waals surface area contributed by atoms with Gasteiger partial charge in [-0.2, -0.15) is 0 Å². The Labute approximate surface area is 522 Å². The van der Waals surface area contributed by atoms with Crippen LogP contribution in [0.2, 0.25) is 0 Å². The Morgan fingerprint density at radius 2 is 1.20 bits per heavy atom. The van der Waals surface area contributed by atoms with Crippen LogP contribution in [0.25, 0.3) is 22.0 Å². The van der Waals surface area contributed by atoms with Gasteiger partial charge in [0.25, 0.3) is 0 Å². The molecule has 7 atom stereocenters. The number of benzene rings is 7. The van der Waals surface area contributed by atoms with Crippen molar-refractivity contribution < 1.29 is 68.6 Å². The fourth-order valence-electron chi connectivity index (χ4n) is 11.7. The number of unbranched alkanes of at least 4 members (excludes halogenated alkanes) is 5. The molecule has 0 radical (unpaired) electrons. The molecule has 0 saturated carbocycles. The number of aromatic amines is 1. The number of hydrogen-bond donors (Lipinski definition) is 12. The molecule has 12 N–H and O–H groups in total. The molecule has 6 aliphatic rings. The number of hydrogen-bond acceptors (Lipinski definition) is 14. The first-order valence-electron chi connectivity index (χ1n) is 30.1. The number of ether oxygens (including phenoxy) is 2. The number of aromatic nitrogens is 1. The highest BCUT2D eigenvalue weighted by Gasteiger charge is 2.40. The molecule has 14 rings (SSSR count). The predicted molar refractivity (Wildman–Crippen MR) is 334 cm³/mol. The van der Waals surface area contributed by atoms with E-state index >= 15 is 19.2 Å². The summed E-state index contributed by atoms with van der Waals surface area (Å²) in [7, 11) is 1.33. The SMILES string of the molecule is CCCCCCCCNC(C(=O)N[C@@H]1Cc2c[nH]c3cc(ccc23)-c2cc3cc(c2O)Oc2ccc(cc2)C[C@H]2C(=O)N[C@@H](C(=O)O)c4ccc(O)c(c4)Oc4ccc(cc4)[C@@H](NC(=O)[C@@H]3NC(=O)[C@@H](c3ccc(O)cc3)NC1=O)C(=O)N2C)c1ccc(O)cc1. The number of aromatic hydroxyl groups is 4. The predicted octanol–water partition coefficient (Wildman–Crippen LogP) is 8.49. The number of carbonyl (C=O) groups excluding carboxylic acids is 6. The van der Waals surface area contributed by atoms with Crippen molar-refractivity contribution in [3.8, 4) is 57.1 Å². The summed E-state index contributed by atoms with van der Waals surface area (Å²) in [4.78, 5) is 109. The molecule has 7 aromatic carbocycles. The minimum Gasteiger partial charge on any atom is -0.508 e. The lowest BCUT2D eigenvalue weighted by Crippen LogP contribution is -2.55. The molecule has 6 aliphatic heterocycles. The molecular weight excluding hydrogens is 1160 g/mol. The first-order chi connectivity index (χ1) is 43.9. The summed E-state index contributed by atoms with van der Waals surface area (Å²) in [5, 5.41) is 72.6. The van der Waals surface area contributed by atoms with Gasteiger partial charge in [-0.05, 0) is 136 Å². The molecule has 8 aromatic rings. The number of carbonyl (C=O) groups is 7. The zero-order chi connectivity index (χ0) is 64.0. The van der Waals surface area contributed by atoms with Gasteiger partial charge in [-0.1, -0.05) is 106 Å². The summed E-state index contributed by atoms with van der Waals surface area (Å²) in [6, 6.07) is 24.8. The van der Waals surface area contributed by atoms with Crippen LogP contribution in [-0.4, -0.2) is 103 Å². The number of phenolic OH excluding ortho intramolecular Hbond substituents is 4. The van der Waals surface area contributed by atoms with Crippen molar-refractivity contribution in [2.75, 3.05) is 13.6 Å². The average molecular weight is 1230 g/mol. The number of H-pyrrole nitrogens is 1. The van der Waals surface area contributed by atoms with Crippen molar-refractivity contribution in [3.05, 3.63) is 191 Å². The Kier molecular flexibility index (Phi) is 18.2. The summed E-state index contributed by atoms with van der Waals surface area (Å²) in [6.45, 7) is 2.59. The molecule has 91 heavy (non-hydrogen) atoms. The topological polar surface area (TPSA) is 330 Å². The smallest absolute Gasteiger partial charge is 0.330 e. The van der Waals surface area contributed by atoms with Gasteiger partial charge in [0.05, 0.1) is 0 Å².